The van der Waals surface area contributed by atoms with Crippen LogP contribution in [0.3, 0.4) is 0 Å². The molecule has 0 saturated heterocycles. The van der Waals surface area contributed by atoms with Gasteiger partial charge in [-0.1, -0.05) is 18.9 Å². The highest BCUT2D eigenvalue weighted by molar-refractivity contribution is 6.03. The first-order valence-electron chi connectivity index (χ1n) is 9.64. The van der Waals surface area contributed by atoms with Crippen LogP contribution in [0.2, 0.25) is 0 Å². The van der Waals surface area contributed by atoms with Crippen LogP contribution < -0.4 is 4.74 Å². The molecule has 0 amide bonds. The summed E-state index contributed by atoms with van der Waals surface area (Å²) in [6.45, 7) is 0.659. The Labute approximate surface area is 154 Å². The van der Waals surface area contributed by atoms with Gasteiger partial charge in [0.25, 0.3) is 0 Å². The minimum Gasteiger partial charge on any atom is -0.496 e. The molecule has 26 heavy (non-hydrogen) atoms. The first-order valence-corrected chi connectivity index (χ1v) is 9.64. The van der Waals surface area contributed by atoms with E-state index >= 15 is 0 Å². The van der Waals surface area contributed by atoms with Crippen molar-refractivity contribution < 1.29 is 9.53 Å². The van der Waals surface area contributed by atoms with Gasteiger partial charge >= 0.3 is 0 Å². The van der Waals surface area contributed by atoms with Crippen molar-refractivity contribution in [2.24, 2.45) is 11.8 Å². The molecule has 2 aliphatic rings. The Balaban J connectivity index is 1.55. The summed E-state index contributed by atoms with van der Waals surface area (Å²) in [4.78, 5) is 12.9. The molecule has 1 heterocycles. The van der Waals surface area contributed by atoms with Crippen LogP contribution in [0.1, 0.15) is 49.7 Å². The normalized spacial score (nSPS) is 22.4. The number of nitrogens with zero attached hydrogens (tertiary/aromatic N) is 2. The summed E-state index contributed by atoms with van der Waals surface area (Å²) < 4.78 is 7.38. The van der Waals surface area contributed by atoms with Crippen LogP contribution in [0.15, 0.2) is 42.2 Å². The molecule has 0 bridgehead atoms. The predicted octanol–water partition coefficient (Wildman–Crippen LogP) is 4.49. The maximum absolute atomic E-state index is 12.9. The molecule has 2 aliphatic carbocycles. The Morgan fingerprint density at radius 3 is 2.85 bits per heavy atom. The van der Waals surface area contributed by atoms with Gasteiger partial charge in [-0.05, 0) is 67.0 Å². The predicted molar refractivity (Wildman–Crippen MR) is 102 cm³/mol. The van der Waals surface area contributed by atoms with E-state index in [1.807, 2.05) is 29.1 Å². The molecule has 1 atom stereocenters. The van der Waals surface area contributed by atoms with Crippen molar-refractivity contribution >= 4 is 11.9 Å². The average molecular weight is 350 g/mol. The van der Waals surface area contributed by atoms with Crippen molar-refractivity contribution in [2.45, 2.75) is 45.1 Å². The Morgan fingerprint density at radius 2 is 2.12 bits per heavy atom. The first kappa shape index (κ1) is 17.1. The van der Waals surface area contributed by atoms with E-state index in [0.717, 1.165) is 35.3 Å². The number of aromatic nitrogens is 2. The molecule has 1 aromatic carbocycles. The molecule has 0 spiro atoms. The smallest absolute Gasteiger partial charge is 0.162 e. The number of Topliss-reactive ketones (excluding diaryl/α,β-unsaturated/α-hetero) is 1. The van der Waals surface area contributed by atoms with Gasteiger partial charge in [-0.3, -0.25) is 9.48 Å². The van der Waals surface area contributed by atoms with Crippen molar-refractivity contribution in [3.63, 3.8) is 0 Å². The zero-order chi connectivity index (χ0) is 17.9. The number of ether oxygens (including phenoxy) is 1. The van der Waals surface area contributed by atoms with Gasteiger partial charge in [0.05, 0.1) is 13.7 Å². The number of benzene rings is 1. The maximum Gasteiger partial charge on any atom is 0.162 e. The second kappa shape index (κ2) is 7.48. The Kier molecular flexibility index (Phi) is 4.91. The molecular weight excluding hydrogens is 324 g/mol. The van der Waals surface area contributed by atoms with Crippen LogP contribution in [0.25, 0.3) is 6.08 Å². The molecular formula is C22H26N2O2. The summed E-state index contributed by atoms with van der Waals surface area (Å²) in [6.07, 6.45) is 12.8. The largest absolute Gasteiger partial charge is 0.496 e. The van der Waals surface area contributed by atoms with Crippen molar-refractivity contribution in [1.29, 1.82) is 0 Å². The van der Waals surface area contributed by atoms with E-state index < -0.39 is 0 Å². The minimum absolute atomic E-state index is 0.269. The Hall–Kier alpha value is -2.36. The first-order chi connectivity index (χ1) is 12.7. The summed E-state index contributed by atoms with van der Waals surface area (Å²) in [6, 6.07) is 8.05. The van der Waals surface area contributed by atoms with Crippen LogP contribution in [-0.4, -0.2) is 22.7 Å². The van der Waals surface area contributed by atoms with Gasteiger partial charge in [0.1, 0.15) is 5.75 Å². The van der Waals surface area contributed by atoms with E-state index in [-0.39, 0.29) is 5.92 Å². The van der Waals surface area contributed by atoms with Crippen molar-refractivity contribution in [3.05, 3.63) is 53.4 Å². The van der Waals surface area contributed by atoms with Crippen molar-refractivity contribution in [3.8, 4) is 5.75 Å². The highest BCUT2D eigenvalue weighted by Crippen LogP contribution is 2.41. The van der Waals surface area contributed by atoms with Crippen LogP contribution in [0, 0.1) is 11.8 Å². The molecule has 136 valence electrons. The summed E-state index contributed by atoms with van der Waals surface area (Å²) in [5, 5.41) is 4.28. The molecule has 1 aromatic heterocycles. The lowest BCUT2D eigenvalue weighted by molar-refractivity contribution is -0.119. The van der Waals surface area contributed by atoms with Gasteiger partial charge < -0.3 is 4.74 Å². The fourth-order valence-electron chi connectivity index (χ4n) is 4.54. The number of carbonyl (C=O) groups is 1. The zero-order valence-electron chi connectivity index (χ0n) is 15.4. The maximum atomic E-state index is 12.9. The monoisotopic (exact) mass is 350 g/mol. The molecule has 0 aliphatic heterocycles. The minimum atomic E-state index is 0.269. The highest BCUT2D eigenvalue weighted by Gasteiger charge is 2.36. The summed E-state index contributed by atoms with van der Waals surface area (Å²) in [5.74, 6) is 2.13. The van der Waals surface area contributed by atoms with Crippen molar-refractivity contribution in [1.82, 2.24) is 9.78 Å². The molecule has 4 heteroatoms. The Morgan fingerprint density at radius 1 is 1.27 bits per heavy atom. The quantitative estimate of drug-likeness (QED) is 0.746. The van der Waals surface area contributed by atoms with Gasteiger partial charge in [-0.15, -0.1) is 0 Å². The summed E-state index contributed by atoms with van der Waals surface area (Å²) in [5.41, 5.74) is 3.14. The Bertz CT molecular complexity index is 802. The lowest BCUT2D eigenvalue weighted by Crippen LogP contribution is -2.16. The second-order valence-corrected chi connectivity index (χ2v) is 7.50. The van der Waals surface area contributed by atoms with Crippen molar-refractivity contribution in [2.75, 3.05) is 7.11 Å². The van der Waals surface area contributed by atoms with Crippen LogP contribution in [0.5, 0.6) is 5.75 Å². The van der Waals surface area contributed by atoms with Gasteiger partial charge in [-0.25, -0.2) is 0 Å². The van der Waals surface area contributed by atoms with E-state index in [0.29, 0.717) is 18.2 Å². The van der Waals surface area contributed by atoms with Gasteiger partial charge in [0.2, 0.25) is 0 Å². The zero-order valence-corrected chi connectivity index (χ0v) is 15.4. The van der Waals surface area contributed by atoms with Gasteiger partial charge in [0, 0.05) is 23.9 Å². The van der Waals surface area contributed by atoms with Crippen LogP contribution in [-0.2, 0) is 11.3 Å². The molecule has 4 rings (SSSR count). The van der Waals surface area contributed by atoms with Gasteiger partial charge in [-0.2, -0.15) is 5.10 Å². The van der Waals surface area contributed by atoms with E-state index in [1.54, 1.807) is 13.3 Å². The third-order valence-corrected chi connectivity index (χ3v) is 5.88. The fraction of sp³-hybridized carbons (Fsp3) is 0.455. The molecule has 2 saturated carbocycles. The van der Waals surface area contributed by atoms with E-state index in [4.69, 9.17) is 4.74 Å². The number of hydrogen-bond donors (Lipinski definition) is 0. The third-order valence-electron chi connectivity index (χ3n) is 5.88. The molecule has 2 fully saturated rings. The third kappa shape index (κ3) is 3.46. The number of methoxy groups -OCH3 is 1. The molecule has 4 nitrogen and oxygen atoms in total. The topological polar surface area (TPSA) is 44.1 Å². The van der Waals surface area contributed by atoms with Gasteiger partial charge in [0.15, 0.2) is 5.78 Å². The highest BCUT2D eigenvalue weighted by atomic mass is 16.5. The SMILES string of the molecule is COc1ccc(/C=C2\CC[C@@H](C3CCCC3)C2=O)cc1Cn1cccn1. The van der Waals surface area contributed by atoms with E-state index in [2.05, 4.69) is 17.2 Å². The summed E-state index contributed by atoms with van der Waals surface area (Å²) in [7, 11) is 1.69. The number of rotatable bonds is 5. The summed E-state index contributed by atoms with van der Waals surface area (Å²) >= 11 is 0. The lowest BCUT2D eigenvalue weighted by Gasteiger charge is -2.15. The van der Waals surface area contributed by atoms with Crippen LogP contribution >= 0.6 is 0 Å². The number of allylic oxidation sites excluding steroid dienone is 1. The molecule has 2 aromatic rings. The van der Waals surface area contributed by atoms with Crippen LogP contribution in [0.4, 0.5) is 0 Å². The standard InChI is InChI=1S/C22H26N2O2/c1-26-21-10-7-16(14-19(21)15-24-12-4-11-23-24)13-18-8-9-20(22(18)25)17-5-2-3-6-17/h4,7,10-14,17,20H,2-3,5-6,8-9,15H2,1H3/b18-13+/t20-/m0/s1. The molecule has 0 unspecified atom stereocenters. The van der Waals surface area contributed by atoms with E-state index in [1.165, 1.54) is 25.7 Å². The molecule has 0 N–H and O–H groups in total. The average Bonchev–Trinajstić information content (AvgIpc) is 3.39. The van der Waals surface area contributed by atoms with E-state index in [9.17, 15) is 4.79 Å². The fourth-order valence-corrected chi connectivity index (χ4v) is 4.54. The number of ketones is 1. The lowest BCUT2D eigenvalue weighted by atomic mass is 9.88. The number of carbonyl (C=O) groups excluding carboxylic acids is 1. The number of hydrogen-bond acceptors (Lipinski definition) is 3. The molecule has 0 radical (unpaired) electrons. The second-order valence-electron chi connectivity index (χ2n) is 7.50.